The van der Waals surface area contributed by atoms with Crippen molar-refractivity contribution >= 4 is 34.0 Å². The van der Waals surface area contributed by atoms with Crippen molar-refractivity contribution in [2.75, 3.05) is 12.3 Å². The zero-order chi connectivity index (χ0) is 18.1. The summed E-state index contributed by atoms with van der Waals surface area (Å²) in [7, 11) is 0. The predicted molar refractivity (Wildman–Crippen MR) is 100 cm³/mol. The number of hydrogen-bond acceptors (Lipinski definition) is 7. The van der Waals surface area contributed by atoms with Crippen LogP contribution in [0.25, 0.3) is 4.96 Å². The molecule has 2 N–H and O–H groups in total. The second-order valence-corrected chi connectivity index (χ2v) is 8.21. The first-order valence-corrected chi connectivity index (χ1v) is 10.3. The van der Waals surface area contributed by atoms with E-state index < -0.39 is 0 Å². The summed E-state index contributed by atoms with van der Waals surface area (Å²) < 4.78 is 1.62. The van der Waals surface area contributed by atoms with Gasteiger partial charge in [-0.15, -0.1) is 16.4 Å². The van der Waals surface area contributed by atoms with Crippen LogP contribution in [0, 0.1) is 6.92 Å². The molecule has 0 saturated carbocycles. The number of thiazole rings is 1. The van der Waals surface area contributed by atoms with Gasteiger partial charge in [0.05, 0.1) is 0 Å². The highest BCUT2D eigenvalue weighted by Gasteiger charge is 2.21. The molecule has 0 spiro atoms. The number of aryl methyl sites for hydroxylation is 3. The van der Waals surface area contributed by atoms with Gasteiger partial charge in [-0.2, -0.15) is 0 Å². The Balaban J connectivity index is 1.46. The summed E-state index contributed by atoms with van der Waals surface area (Å²) in [5.74, 6) is 0.982. The van der Waals surface area contributed by atoms with Crippen LogP contribution in [0.2, 0.25) is 0 Å². The number of carbonyl (C=O) groups excluding carboxylic acids is 1. The Morgan fingerprint density at radius 3 is 3.08 bits per heavy atom. The molecule has 8 nitrogen and oxygen atoms in total. The first-order chi connectivity index (χ1) is 12.6. The van der Waals surface area contributed by atoms with E-state index in [-0.39, 0.29) is 17.0 Å². The van der Waals surface area contributed by atoms with E-state index >= 15 is 0 Å². The molecule has 0 aromatic carbocycles. The van der Waals surface area contributed by atoms with E-state index in [9.17, 15) is 9.59 Å². The van der Waals surface area contributed by atoms with Crippen LogP contribution in [0.3, 0.4) is 0 Å². The molecule has 0 saturated heterocycles. The summed E-state index contributed by atoms with van der Waals surface area (Å²) in [5, 5.41) is 10.2. The van der Waals surface area contributed by atoms with E-state index in [0.29, 0.717) is 22.4 Å². The average Bonchev–Trinajstić information content (AvgIpc) is 3.22. The number of carbonyl (C=O) groups is 1. The van der Waals surface area contributed by atoms with Crippen LogP contribution in [0.15, 0.2) is 16.1 Å². The van der Waals surface area contributed by atoms with Crippen molar-refractivity contribution in [3.63, 3.8) is 0 Å². The van der Waals surface area contributed by atoms with Crippen LogP contribution in [0.4, 0.5) is 0 Å². The summed E-state index contributed by atoms with van der Waals surface area (Å²) in [6.45, 7) is 2.25. The molecule has 10 heteroatoms. The zero-order valence-corrected chi connectivity index (χ0v) is 15.9. The number of fused-ring (bicyclic) bond motifs is 3. The number of hydrogen-bond donors (Lipinski definition) is 2. The lowest BCUT2D eigenvalue weighted by Gasteiger charge is -2.10. The second kappa shape index (κ2) is 7.20. The molecule has 0 radical (unpaired) electrons. The lowest BCUT2D eigenvalue weighted by molar-refractivity contribution is 0.0954. The third-order valence-corrected chi connectivity index (χ3v) is 6.25. The number of amides is 1. The standard InChI is InChI=1S/C16H18N6O2S2/c1-9-19-15(21-20-9)25-7-6-17-13(23)10-8-18-16-22(14(10)24)11-4-2-3-5-12(11)26-16/h8H,2-7H2,1H3,(H,17,23)(H,19,20,21). The molecule has 3 aromatic rings. The van der Waals surface area contributed by atoms with Gasteiger partial charge in [-0.05, 0) is 32.6 Å². The fourth-order valence-electron chi connectivity index (χ4n) is 3.01. The SMILES string of the molecule is Cc1nc(SCCNC(=O)c2cnc3sc4c(n3c2=O)CCCC4)n[nH]1. The van der Waals surface area contributed by atoms with Crippen LogP contribution in [-0.2, 0) is 12.8 Å². The Labute approximate surface area is 157 Å². The molecule has 1 aliphatic carbocycles. The fourth-order valence-corrected chi connectivity index (χ4v) is 4.88. The highest BCUT2D eigenvalue weighted by atomic mass is 32.2. The summed E-state index contributed by atoms with van der Waals surface area (Å²) >= 11 is 3.00. The Kier molecular flexibility index (Phi) is 4.77. The van der Waals surface area contributed by atoms with Crippen molar-refractivity contribution in [3.05, 3.63) is 38.5 Å². The average molecular weight is 390 g/mol. The molecule has 4 rings (SSSR count). The summed E-state index contributed by atoms with van der Waals surface area (Å²) in [6.07, 6.45) is 5.46. The highest BCUT2D eigenvalue weighted by Crippen LogP contribution is 2.28. The molecule has 3 heterocycles. The van der Waals surface area contributed by atoms with E-state index in [1.54, 1.807) is 15.7 Å². The number of aromatic nitrogens is 5. The minimum absolute atomic E-state index is 0.0902. The molecule has 0 bridgehead atoms. The molecule has 0 atom stereocenters. The molecule has 0 aliphatic heterocycles. The van der Waals surface area contributed by atoms with Crippen LogP contribution >= 0.6 is 23.1 Å². The van der Waals surface area contributed by atoms with E-state index in [1.807, 2.05) is 6.92 Å². The minimum Gasteiger partial charge on any atom is -0.351 e. The third-order valence-electron chi connectivity index (χ3n) is 4.24. The summed E-state index contributed by atoms with van der Waals surface area (Å²) in [6, 6.07) is 0. The lowest BCUT2D eigenvalue weighted by atomic mass is 10.0. The van der Waals surface area contributed by atoms with Gasteiger partial charge in [-0.1, -0.05) is 11.8 Å². The van der Waals surface area contributed by atoms with Gasteiger partial charge in [0.25, 0.3) is 11.5 Å². The van der Waals surface area contributed by atoms with Crippen LogP contribution in [-0.4, -0.2) is 42.8 Å². The minimum atomic E-state index is -0.389. The maximum atomic E-state index is 12.8. The number of nitrogens with zero attached hydrogens (tertiary/aromatic N) is 4. The van der Waals surface area contributed by atoms with Crippen molar-refractivity contribution in [1.82, 2.24) is 29.9 Å². The number of thioether (sulfide) groups is 1. The molecular formula is C16H18N6O2S2. The van der Waals surface area contributed by atoms with E-state index in [2.05, 4.69) is 25.5 Å². The second-order valence-electron chi connectivity index (χ2n) is 6.08. The highest BCUT2D eigenvalue weighted by molar-refractivity contribution is 7.99. The Bertz CT molecular complexity index is 1020. The largest absolute Gasteiger partial charge is 0.351 e. The maximum Gasteiger partial charge on any atom is 0.271 e. The van der Waals surface area contributed by atoms with Gasteiger partial charge in [-0.25, -0.2) is 9.97 Å². The van der Waals surface area contributed by atoms with Crippen molar-refractivity contribution in [1.29, 1.82) is 0 Å². The fraction of sp³-hybridized carbons (Fsp3) is 0.438. The van der Waals surface area contributed by atoms with Gasteiger partial charge in [0, 0.05) is 29.1 Å². The van der Waals surface area contributed by atoms with Gasteiger partial charge in [0.1, 0.15) is 11.4 Å². The van der Waals surface area contributed by atoms with Crippen molar-refractivity contribution < 1.29 is 4.79 Å². The molecule has 0 fully saturated rings. The van der Waals surface area contributed by atoms with E-state index in [0.717, 1.165) is 37.2 Å². The van der Waals surface area contributed by atoms with Crippen molar-refractivity contribution in [2.45, 2.75) is 37.8 Å². The molecule has 1 aliphatic rings. The molecule has 3 aromatic heterocycles. The van der Waals surface area contributed by atoms with Crippen molar-refractivity contribution in [3.8, 4) is 0 Å². The molecule has 136 valence electrons. The van der Waals surface area contributed by atoms with Crippen molar-refractivity contribution in [2.24, 2.45) is 0 Å². The molecule has 26 heavy (non-hydrogen) atoms. The first-order valence-electron chi connectivity index (χ1n) is 8.46. The lowest BCUT2D eigenvalue weighted by Crippen LogP contribution is -2.33. The topological polar surface area (TPSA) is 105 Å². The van der Waals surface area contributed by atoms with Gasteiger partial charge in [-0.3, -0.25) is 19.1 Å². The van der Waals surface area contributed by atoms with Gasteiger partial charge in [0.2, 0.25) is 5.16 Å². The van der Waals surface area contributed by atoms with Crippen LogP contribution in [0.1, 0.15) is 39.6 Å². The number of rotatable bonds is 5. The smallest absolute Gasteiger partial charge is 0.271 e. The predicted octanol–water partition coefficient (Wildman–Crippen LogP) is 1.58. The first kappa shape index (κ1) is 17.2. The Morgan fingerprint density at radius 1 is 1.42 bits per heavy atom. The number of aromatic amines is 1. The molecular weight excluding hydrogens is 372 g/mol. The van der Waals surface area contributed by atoms with E-state index in [1.165, 1.54) is 22.8 Å². The van der Waals surface area contributed by atoms with Crippen LogP contribution in [0.5, 0.6) is 0 Å². The maximum absolute atomic E-state index is 12.8. The summed E-state index contributed by atoms with van der Waals surface area (Å²) in [4.78, 5) is 35.6. The van der Waals surface area contributed by atoms with Gasteiger partial charge in [0.15, 0.2) is 4.96 Å². The monoisotopic (exact) mass is 390 g/mol. The Hall–Kier alpha value is -2.20. The van der Waals surface area contributed by atoms with Gasteiger partial charge >= 0.3 is 0 Å². The Morgan fingerprint density at radius 2 is 2.27 bits per heavy atom. The summed E-state index contributed by atoms with van der Waals surface area (Å²) in [5.41, 5.74) is 0.843. The van der Waals surface area contributed by atoms with E-state index in [4.69, 9.17) is 0 Å². The number of H-pyrrole nitrogens is 1. The van der Waals surface area contributed by atoms with Crippen LogP contribution < -0.4 is 10.9 Å². The zero-order valence-electron chi connectivity index (χ0n) is 14.2. The molecule has 1 amide bonds. The third kappa shape index (κ3) is 3.26. The quantitative estimate of drug-likeness (QED) is 0.506. The number of nitrogens with one attached hydrogen (secondary N) is 2. The molecule has 0 unspecified atom stereocenters. The normalized spacial score (nSPS) is 13.7. The van der Waals surface area contributed by atoms with Gasteiger partial charge < -0.3 is 5.32 Å².